The third-order valence-electron chi connectivity index (χ3n) is 24.5. The molecule has 0 aliphatic rings. The van der Waals surface area contributed by atoms with E-state index < -0.39 is 0 Å². The first-order valence-electron chi connectivity index (χ1n) is 39.7. The van der Waals surface area contributed by atoms with E-state index in [2.05, 4.69) is 406 Å². The van der Waals surface area contributed by atoms with Crippen LogP contribution in [0.2, 0.25) is 0 Å². The second-order valence-corrected chi connectivity index (χ2v) is 30.7. The summed E-state index contributed by atoms with van der Waals surface area (Å²) < 4.78 is 9.33. The number of rotatable bonds is 0. The van der Waals surface area contributed by atoms with Gasteiger partial charge in [0.25, 0.3) is 0 Å². The van der Waals surface area contributed by atoms with E-state index >= 15 is 0 Å². The minimum atomic E-state index is 1.02. The van der Waals surface area contributed by atoms with Gasteiger partial charge in [-0.2, -0.15) is 0 Å². The first-order valence-corrected chi connectivity index (χ1v) is 39.7. The zero-order chi connectivity index (χ0) is 75.8. The number of pyridine rings is 4. The van der Waals surface area contributed by atoms with Crippen LogP contribution in [0.3, 0.4) is 0 Å². The quantitative estimate of drug-likeness (QED) is 0.112. The maximum atomic E-state index is 5.07. The Morgan fingerprint density at radius 3 is 0.871 bits per heavy atom. The molecule has 0 radical (unpaired) electrons. The molecule has 0 fully saturated rings. The fraction of sp³-hybridized carbons (Fsp3) is 0. The average Bonchev–Trinajstić information content (AvgIpc) is 1.48. The standard InChI is InChI=1S/4C27H16N2/c1-3-9-19-17(7-1)14-16-22-25(19)21-15-13-18-8-2-4-10-20(18)26(21)29-24-12-6-5-11-23(24)28-27(22)29;1-3-9-19-17(7-1)13-15-21-25(19)26-20-10-4-2-8-18(20)14-16-24(26)29-23-12-6-5-11-22(23)28-27(21)29;1-2-9-19-16-22-21(15-18(19)8-1)26-20-10-4-3-7-17(20)13-14-25(26)29-24-12-6-5-11-23(24)28-27(22)29;1-2-9-19-16-25-22(15-18(19)8-1)26-20-10-4-3-7-17(20)13-14-21(26)27-28-23-11-5-6-12-24(23)29(25)27/h4*1-16H. The van der Waals surface area contributed by atoms with E-state index in [1.807, 2.05) is 0 Å². The van der Waals surface area contributed by atoms with Gasteiger partial charge >= 0.3 is 0 Å². The molecule has 8 nitrogen and oxygen atoms in total. The molecule has 0 unspecified atom stereocenters. The Bertz CT molecular complexity index is 8870. The van der Waals surface area contributed by atoms with Gasteiger partial charge in [-0.15, -0.1) is 0 Å². The van der Waals surface area contributed by atoms with E-state index in [0.29, 0.717) is 0 Å². The summed E-state index contributed by atoms with van der Waals surface area (Å²) in [5.41, 5.74) is 17.7. The molecule has 8 heteroatoms. The molecule has 0 atom stereocenters. The van der Waals surface area contributed by atoms with Crippen LogP contribution >= 0.6 is 0 Å². The van der Waals surface area contributed by atoms with Crippen LogP contribution in [0.4, 0.5) is 0 Å². The highest BCUT2D eigenvalue weighted by atomic mass is 15.0. The zero-order valence-electron chi connectivity index (χ0n) is 62.5. The van der Waals surface area contributed by atoms with Gasteiger partial charge in [0.05, 0.1) is 66.2 Å². The highest BCUT2D eigenvalue weighted by molar-refractivity contribution is 6.32. The number of hydrogen-bond donors (Lipinski definition) is 0. The highest BCUT2D eigenvalue weighted by Gasteiger charge is 2.23. The molecule has 8 aromatic heterocycles. The Hall–Kier alpha value is -15.6. The first kappa shape index (κ1) is 64.1. The molecule has 0 bridgehead atoms. The molecule has 28 rings (SSSR count). The lowest BCUT2D eigenvalue weighted by Crippen LogP contribution is -1.93. The van der Waals surface area contributed by atoms with Crippen LogP contribution in [0.5, 0.6) is 0 Å². The Balaban J connectivity index is 0.0000000866. The number of imidazole rings is 4. The molecule has 0 saturated heterocycles. The second-order valence-electron chi connectivity index (χ2n) is 30.7. The SMILES string of the molecule is c1ccc2c(c1)ccc1c2c2c3ccccc3ccc2n2c3ccccc3nc12.c1ccc2c(c1)ccc1c2c2ccc3ccccc3c2n2c3ccccc3nc12.c1ccc2cc3c(cc2c1)c1c2ccccc2ccc1c1nc2ccccc2n31.c1ccc2cc3c(cc2c1)c1c2ccccc2ccc1n1c2ccccc2nc31. The van der Waals surface area contributed by atoms with Crippen LogP contribution < -0.4 is 0 Å². The number of para-hydroxylation sites is 8. The summed E-state index contributed by atoms with van der Waals surface area (Å²) in [6.07, 6.45) is 0. The van der Waals surface area contributed by atoms with Gasteiger partial charge in [0, 0.05) is 64.6 Å². The molecule has 0 N–H and O–H groups in total. The fourth-order valence-electron chi connectivity index (χ4n) is 19.4. The molecule has 0 saturated carbocycles. The maximum Gasteiger partial charge on any atom is 0.146 e. The number of benzene rings is 20. The molecule has 0 aliphatic carbocycles. The van der Waals surface area contributed by atoms with Gasteiger partial charge in [0.2, 0.25) is 0 Å². The van der Waals surface area contributed by atoms with E-state index in [-0.39, 0.29) is 0 Å². The van der Waals surface area contributed by atoms with Crippen LogP contribution in [0.15, 0.2) is 388 Å². The Kier molecular flexibility index (Phi) is 13.8. The molecular formula is C108H64N8. The van der Waals surface area contributed by atoms with Crippen LogP contribution in [0.25, 0.3) is 240 Å². The Morgan fingerprint density at radius 2 is 0.414 bits per heavy atom. The van der Waals surface area contributed by atoms with Gasteiger partial charge in [-0.05, 0) is 189 Å². The molecule has 0 amide bonds. The topological polar surface area (TPSA) is 69.2 Å². The maximum absolute atomic E-state index is 5.07. The van der Waals surface area contributed by atoms with Crippen molar-refractivity contribution in [3.05, 3.63) is 388 Å². The number of nitrogens with zero attached hydrogens (tertiary/aromatic N) is 8. The van der Waals surface area contributed by atoms with Crippen molar-refractivity contribution < 1.29 is 0 Å². The van der Waals surface area contributed by atoms with Crippen LogP contribution in [0, 0.1) is 0 Å². The number of fused-ring (bicyclic) bond motifs is 46. The van der Waals surface area contributed by atoms with Crippen molar-refractivity contribution in [1.29, 1.82) is 0 Å². The molecule has 8 heterocycles. The molecule has 116 heavy (non-hydrogen) atoms. The highest BCUT2D eigenvalue weighted by Crippen LogP contribution is 2.45. The number of hydrogen-bond acceptors (Lipinski definition) is 4. The van der Waals surface area contributed by atoms with Gasteiger partial charge in [-0.3, -0.25) is 17.6 Å². The Labute approximate surface area is 661 Å². The zero-order valence-corrected chi connectivity index (χ0v) is 62.5. The Morgan fingerprint density at radius 1 is 0.138 bits per heavy atom. The lowest BCUT2D eigenvalue weighted by atomic mass is 9.95. The van der Waals surface area contributed by atoms with Crippen molar-refractivity contribution in [2.24, 2.45) is 0 Å². The summed E-state index contributed by atoms with van der Waals surface area (Å²) in [5.74, 6) is 0. The van der Waals surface area contributed by atoms with Crippen LogP contribution in [-0.2, 0) is 0 Å². The lowest BCUT2D eigenvalue weighted by Gasteiger charge is -2.14. The van der Waals surface area contributed by atoms with Crippen molar-refractivity contribution in [3.63, 3.8) is 0 Å². The molecule has 0 aliphatic heterocycles. The van der Waals surface area contributed by atoms with Crippen molar-refractivity contribution in [1.82, 2.24) is 37.5 Å². The first-order chi connectivity index (χ1) is 57.6. The van der Waals surface area contributed by atoms with E-state index in [0.717, 1.165) is 66.7 Å². The van der Waals surface area contributed by atoms with Crippen LogP contribution in [-0.4, -0.2) is 37.5 Å². The minimum absolute atomic E-state index is 1.02. The normalized spacial score (nSPS) is 12.1. The summed E-state index contributed by atoms with van der Waals surface area (Å²) in [7, 11) is 0. The predicted octanol–water partition coefficient (Wildman–Crippen LogP) is 28.4. The molecular weight excluding hydrogens is 1410 g/mol. The summed E-state index contributed by atoms with van der Waals surface area (Å²) in [5, 5.41) is 35.3. The predicted molar refractivity (Wildman–Crippen MR) is 491 cm³/mol. The van der Waals surface area contributed by atoms with Gasteiger partial charge in [-0.1, -0.05) is 285 Å². The van der Waals surface area contributed by atoms with Gasteiger partial charge in [0.1, 0.15) is 22.6 Å². The average molecular weight is 1470 g/mol. The van der Waals surface area contributed by atoms with Crippen molar-refractivity contribution in [2.75, 3.05) is 0 Å². The van der Waals surface area contributed by atoms with E-state index in [1.54, 1.807) is 0 Å². The van der Waals surface area contributed by atoms with Crippen LogP contribution in [0.1, 0.15) is 0 Å². The van der Waals surface area contributed by atoms with E-state index in [1.165, 1.54) is 173 Å². The molecule has 536 valence electrons. The van der Waals surface area contributed by atoms with E-state index in [9.17, 15) is 0 Å². The summed E-state index contributed by atoms with van der Waals surface area (Å²) >= 11 is 0. The van der Waals surface area contributed by atoms with Crippen molar-refractivity contribution in [2.45, 2.75) is 0 Å². The summed E-state index contributed by atoms with van der Waals surface area (Å²) in [6.45, 7) is 0. The molecule has 0 spiro atoms. The number of aromatic nitrogens is 8. The van der Waals surface area contributed by atoms with Crippen molar-refractivity contribution >= 4 is 240 Å². The fourth-order valence-corrected chi connectivity index (χ4v) is 19.4. The van der Waals surface area contributed by atoms with E-state index in [4.69, 9.17) is 19.9 Å². The lowest BCUT2D eigenvalue weighted by molar-refractivity contribution is 1.32. The molecule has 28 aromatic rings. The largest absolute Gasteiger partial charge is 0.292 e. The van der Waals surface area contributed by atoms with Crippen molar-refractivity contribution in [3.8, 4) is 0 Å². The van der Waals surface area contributed by atoms with Gasteiger partial charge in [0.15, 0.2) is 0 Å². The summed E-state index contributed by atoms with van der Waals surface area (Å²) in [4.78, 5) is 20.2. The van der Waals surface area contributed by atoms with Gasteiger partial charge in [-0.25, -0.2) is 19.9 Å². The monoisotopic (exact) mass is 1470 g/mol. The molecule has 20 aromatic carbocycles. The van der Waals surface area contributed by atoms with Gasteiger partial charge < -0.3 is 0 Å². The third kappa shape index (κ3) is 9.43. The minimum Gasteiger partial charge on any atom is -0.292 e. The second kappa shape index (κ2) is 24.9. The third-order valence-corrected chi connectivity index (χ3v) is 24.5. The summed E-state index contributed by atoms with van der Waals surface area (Å²) in [6, 6.07) is 139. The smallest absolute Gasteiger partial charge is 0.146 e.